The van der Waals surface area contributed by atoms with Crippen molar-refractivity contribution in [1.29, 1.82) is 0 Å². The summed E-state index contributed by atoms with van der Waals surface area (Å²) in [6.45, 7) is 2.45. The number of fused-ring (bicyclic) bond motifs is 2. The van der Waals surface area contributed by atoms with E-state index in [9.17, 15) is 4.79 Å². The molecule has 1 unspecified atom stereocenters. The molecule has 0 spiro atoms. The number of rotatable bonds is 6. The molecule has 0 aromatic carbocycles. The molecule has 3 heterocycles. The number of unbranched alkanes of at least 4 members (excludes halogenated alkanes) is 1. The minimum atomic E-state index is -0.983. The third-order valence-electron chi connectivity index (χ3n) is 4.43. The molecule has 130 valence electrons. The minimum Gasteiger partial charge on any atom is -0.465 e. The molecule has 24 heavy (non-hydrogen) atoms. The number of carbonyl (C=O) groups is 1. The van der Waals surface area contributed by atoms with Crippen molar-refractivity contribution in [2.45, 2.75) is 32.4 Å². The number of carboxylic acid groups (broad SMARTS) is 1. The van der Waals surface area contributed by atoms with Crippen LogP contribution >= 0.6 is 11.6 Å². The van der Waals surface area contributed by atoms with Crippen LogP contribution in [0, 0.1) is 6.92 Å². The smallest absolute Gasteiger partial charge is 0.404 e. The molecule has 1 aliphatic rings. The van der Waals surface area contributed by atoms with Gasteiger partial charge >= 0.3 is 6.09 Å². The summed E-state index contributed by atoms with van der Waals surface area (Å²) in [5, 5.41) is 22.8. The summed E-state index contributed by atoms with van der Waals surface area (Å²) in [6, 6.07) is 2.32. The first-order chi connectivity index (χ1) is 11.5. The van der Waals surface area contributed by atoms with E-state index in [0.717, 1.165) is 36.3 Å². The van der Waals surface area contributed by atoms with Gasteiger partial charge < -0.3 is 20.2 Å². The average molecular weight is 354 g/mol. The van der Waals surface area contributed by atoms with E-state index in [-0.39, 0.29) is 6.17 Å². The lowest BCUT2D eigenvalue weighted by Crippen LogP contribution is -2.40. The van der Waals surface area contributed by atoms with Crippen LogP contribution in [0.15, 0.2) is 6.07 Å². The molecule has 10 heteroatoms. The predicted molar refractivity (Wildman–Crippen MR) is 90.8 cm³/mol. The van der Waals surface area contributed by atoms with Gasteiger partial charge in [0.15, 0.2) is 5.65 Å². The average Bonchev–Trinajstić information content (AvgIpc) is 3.11. The molecule has 0 bridgehead atoms. The van der Waals surface area contributed by atoms with Crippen LogP contribution in [0.4, 0.5) is 16.2 Å². The minimum absolute atomic E-state index is 0.126. The number of hydrogen-bond donors (Lipinski definition) is 2. The second-order valence-corrected chi connectivity index (χ2v) is 6.06. The maximum absolute atomic E-state index is 10.5. The second kappa shape index (κ2) is 6.68. The van der Waals surface area contributed by atoms with Crippen molar-refractivity contribution in [3.05, 3.63) is 11.8 Å². The number of hydrogen-bond acceptors (Lipinski definition) is 6. The molecule has 3 rings (SSSR count). The van der Waals surface area contributed by atoms with Gasteiger partial charge in [0.25, 0.3) is 0 Å². The maximum Gasteiger partial charge on any atom is 0.404 e. The number of alkyl halides is 1. The monoisotopic (exact) mass is 353 g/mol. The molecule has 2 aromatic rings. The standard InChI is InChI=1S/C14H20ClN7O2/c1-9-13-10(7-11-17-18-19-22(9)11)21(8-15)12(20(13)2)5-3-4-6-16-14(23)24/h7,12,16H,3-6,8H2,1-2H3,(H,23,24). The van der Waals surface area contributed by atoms with Gasteiger partial charge in [0, 0.05) is 19.7 Å². The first kappa shape index (κ1) is 16.6. The van der Waals surface area contributed by atoms with Crippen LogP contribution in [0.5, 0.6) is 0 Å². The molecule has 1 aliphatic heterocycles. The van der Waals surface area contributed by atoms with Crippen LogP contribution in [0.2, 0.25) is 0 Å². The normalized spacial score (nSPS) is 16.7. The number of halogens is 1. The highest BCUT2D eigenvalue weighted by atomic mass is 35.5. The van der Waals surface area contributed by atoms with E-state index in [4.69, 9.17) is 16.7 Å². The summed E-state index contributed by atoms with van der Waals surface area (Å²) in [4.78, 5) is 14.8. The zero-order chi connectivity index (χ0) is 17.3. The fourth-order valence-corrected chi connectivity index (χ4v) is 3.60. The summed E-state index contributed by atoms with van der Waals surface area (Å²) >= 11 is 6.21. The summed E-state index contributed by atoms with van der Waals surface area (Å²) in [5.74, 6) is 0. The molecular formula is C14H20ClN7O2. The number of pyridine rings is 1. The predicted octanol–water partition coefficient (Wildman–Crippen LogP) is 1.65. The lowest BCUT2D eigenvalue weighted by molar-refractivity contribution is 0.194. The highest BCUT2D eigenvalue weighted by Gasteiger charge is 2.35. The maximum atomic E-state index is 10.5. The molecule has 2 aromatic heterocycles. The quantitative estimate of drug-likeness (QED) is 0.462. The fourth-order valence-electron chi connectivity index (χ4n) is 3.31. The molecule has 0 radical (unpaired) electrons. The van der Waals surface area contributed by atoms with Crippen LogP contribution in [0.1, 0.15) is 25.0 Å². The van der Waals surface area contributed by atoms with Gasteiger partial charge in [-0.1, -0.05) is 0 Å². The fraction of sp³-hybridized carbons (Fsp3) is 0.571. The van der Waals surface area contributed by atoms with Crippen LogP contribution in [0.25, 0.3) is 5.65 Å². The van der Waals surface area contributed by atoms with E-state index in [1.807, 2.05) is 20.0 Å². The summed E-state index contributed by atoms with van der Waals surface area (Å²) in [6.07, 6.45) is 1.71. The number of amides is 1. The Morgan fingerprint density at radius 1 is 1.46 bits per heavy atom. The Morgan fingerprint density at radius 3 is 2.96 bits per heavy atom. The first-order valence-electron chi connectivity index (χ1n) is 7.78. The van der Waals surface area contributed by atoms with Gasteiger partial charge in [-0.05, 0) is 36.6 Å². The number of nitrogens with one attached hydrogen (secondary N) is 1. The first-order valence-corrected chi connectivity index (χ1v) is 8.32. The number of aryl methyl sites for hydroxylation is 1. The lowest BCUT2D eigenvalue weighted by atomic mass is 10.2. The molecular weight excluding hydrogens is 334 g/mol. The van der Waals surface area contributed by atoms with Crippen LogP contribution in [0.3, 0.4) is 0 Å². The highest BCUT2D eigenvalue weighted by Crippen LogP contribution is 2.42. The third-order valence-corrected chi connectivity index (χ3v) is 4.68. The van der Waals surface area contributed by atoms with Gasteiger partial charge in [-0.3, -0.25) is 0 Å². The van der Waals surface area contributed by atoms with Crippen LogP contribution < -0.4 is 15.1 Å². The SMILES string of the molecule is Cc1c2c(cc3nnnn13)N(CCl)C(CCCCNC(=O)O)N2C. The Labute approximate surface area is 144 Å². The topological polar surface area (TPSA) is 98.9 Å². The Bertz CT molecular complexity index is 750. The van der Waals surface area contributed by atoms with Crippen molar-refractivity contribution in [3.8, 4) is 0 Å². The number of nitrogens with zero attached hydrogens (tertiary/aromatic N) is 6. The van der Waals surface area contributed by atoms with Gasteiger partial charge in [-0.25, -0.2) is 4.79 Å². The zero-order valence-electron chi connectivity index (χ0n) is 13.6. The van der Waals surface area contributed by atoms with Crippen LogP contribution in [-0.4, -0.2) is 57.0 Å². The van der Waals surface area contributed by atoms with Gasteiger partial charge in [0.2, 0.25) is 0 Å². The van der Waals surface area contributed by atoms with Crippen molar-refractivity contribution in [3.63, 3.8) is 0 Å². The van der Waals surface area contributed by atoms with E-state index in [2.05, 4.69) is 30.6 Å². The van der Waals surface area contributed by atoms with Crippen LogP contribution in [-0.2, 0) is 0 Å². The van der Waals surface area contributed by atoms with E-state index >= 15 is 0 Å². The number of tetrazole rings is 1. The van der Waals surface area contributed by atoms with Crippen molar-refractivity contribution >= 4 is 34.7 Å². The van der Waals surface area contributed by atoms with E-state index in [1.165, 1.54) is 0 Å². The molecule has 9 nitrogen and oxygen atoms in total. The van der Waals surface area contributed by atoms with Gasteiger partial charge in [0.05, 0.1) is 23.1 Å². The van der Waals surface area contributed by atoms with Crippen molar-refractivity contribution in [2.75, 3.05) is 29.4 Å². The highest BCUT2D eigenvalue weighted by molar-refractivity contribution is 6.19. The molecule has 0 aliphatic carbocycles. The molecule has 0 fully saturated rings. The lowest BCUT2D eigenvalue weighted by Gasteiger charge is -2.29. The van der Waals surface area contributed by atoms with Gasteiger partial charge in [-0.2, -0.15) is 4.52 Å². The van der Waals surface area contributed by atoms with E-state index in [0.29, 0.717) is 18.2 Å². The number of anilines is 2. The Hall–Kier alpha value is -2.29. The van der Waals surface area contributed by atoms with Crippen molar-refractivity contribution in [2.24, 2.45) is 0 Å². The van der Waals surface area contributed by atoms with Gasteiger partial charge in [0.1, 0.15) is 6.17 Å². The molecule has 1 atom stereocenters. The Balaban J connectivity index is 1.77. The second-order valence-electron chi connectivity index (χ2n) is 5.82. The molecule has 2 N–H and O–H groups in total. The molecule has 1 amide bonds. The zero-order valence-corrected chi connectivity index (χ0v) is 14.4. The summed E-state index contributed by atoms with van der Waals surface area (Å²) < 4.78 is 1.72. The van der Waals surface area contributed by atoms with Crippen molar-refractivity contribution in [1.82, 2.24) is 25.4 Å². The van der Waals surface area contributed by atoms with Crippen molar-refractivity contribution < 1.29 is 9.90 Å². The Morgan fingerprint density at radius 2 is 2.25 bits per heavy atom. The summed E-state index contributed by atoms with van der Waals surface area (Å²) in [5.41, 5.74) is 3.77. The van der Waals surface area contributed by atoms with E-state index < -0.39 is 6.09 Å². The number of aromatic nitrogens is 4. The van der Waals surface area contributed by atoms with E-state index in [1.54, 1.807) is 4.52 Å². The van der Waals surface area contributed by atoms with Gasteiger partial charge in [-0.15, -0.1) is 16.7 Å². The summed E-state index contributed by atoms with van der Waals surface area (Å²) in [7, 11) is 2.04. The molecule has 0 saturated heterocycles. The Kier molecular flexibility index (Phi) is 4.61. The third kappa shape index (κ3) is 2.79. The largest absolute Gasteiger partial charge is 0.465 e. The molecule has 0 saturated carbocycles.